The summed E-state index contributed by atoms with van der Waals surface area (Å²) in [6, 6.07) is 6.09. The summed E-state index contributed by atoms with van der Waals surface area (Å²) >= 11 is 0. The topological polar surface area (TPSA) is 66.4 Å². The van der Waals surface area contributed by atoms with Crippen LogP contribution in [0.4, 0.5) is 0 Å². The molecule has 0 saturated heterocycles. The van der Waals surface area contributed by atoms with Crippen molar-refractivity contribution in [2.24, 2.45) is 0 Å². The van der Waals surface area contributed by atoms with E-state index in [2.05, 4.69) is 11.4 Å². The highest BCUT2D eigenvalue weighted by molar-refractivity contribution is 5.81. The zero-order valence-corrected chi connectivity index (χ0v) is 10.1. The molecule has 0 spiro atoms. The molecule has 0 fully saturated rings. The van der Waals surface area contributed by atoms with Crippen LogP contribution in [0.5, 0.6) is 0 Å². The van der Waals surface area contributed by atoms with Gasteiger partial charge in [-0.15, -0.1) is 0 Å². The maximum Gasteiger partial charge on any atom is 0.322 e. The maximum absolute atomic E-state index is 11.3. The van der Waals surface area contributed by atoms with Gasteiger partial charge in [-0.2, -0.15) is 0 Å². The number of carbonyl (C=O) groups excluding carboxylic acids is 1. The molecule has 4 nitrogen and oxygen atoms in total. The van der Waals surface area contributed by atoms with Crippen molar-refractivity contribution in [1.29, 1.82) is 0 Å². The SMILES string of the molecule is Cc1ccc(CCC(=O)NCC(=O)O)c(C)c1. The van der Waals surface area contributed by atoms with Crippen LogP contribution in [0.25, 0.3) is 0 Å². The number of benzene rings is 1. The molecule has 0 unspecified atom stereocenters. The van der Waals surface area contributed by atoms with E-state index in [1.165, 1.54) is 5.56 Å². The van der Waals surface area contributed by atoms with E-state index in [-0.39, 0.29) is 12.5 Å². The van der Waals surface area contributed by atoms with Crippen LogP contribution in [0.1, 0.15) is 23.1 Å². The Morgan fingerprint density at radius 3 is 2.59 bits per heavy atom. The first-order valence-electron chi connectivity index (χ1n) is 5.53. The second-order valence-corrected chi connectivity index (χ2v) is 4.10. The van der Waals surface area contributed by atoms with Gasteiger partial charge in [-0.3, -0.25) is 9.59 Å². The number of carboxylic acids is 1. The molecule has 2 N–H and O–H groups in total. The lowest BCUT2D eigenvalue weighted by molar-refractivity contribution is -0.137. The fourth-order valence-corrected chi connectivity index (χ4v) is 1.64. The van der Waals surface area contributed by atoms with Gasteiger partial charge in [-0.1, -0.05) is 23.8 Å². The van der Waals surface area contributed by atoms with Gasteiger partial charge in [-0.05, 0) is 31.4 Å². The number of hydrogen-bond acceptors (Lipinski definition) is 2. The Bertz CT molecular complexity index is 427. The average Bonchev–Trinajstić information content (AvgIpc) is 2.25. The molecule has 17 heavy (non-hydrogen) atoms. The molecule has 4 heteroatoms. The summed E-state index contributed by atoms with van der Waals surface area (Å²) in [5, 5.41) is 10.8. The molecule has 1 aromatic rings. The minimum Gasteiger partial charge on any atom is -0.480 e. The molecule has 0 aliphatic heterocycles. The van der Waals surface area contributed by atoms with Crippen molar-refractivity contribution in [1.82, 2.24) is 5.32 Å². The molecule has 0 heterocycles. The van der Waals surface area contributed by atoms with Crippen LogP contribution in [0, 0.1) is 13.8 Å². The molecule has 0 saturated carbocycles. The number of amides is 1. The summed E-state index contributed by atoms with van der Waals surface area (Å²) < 4.78 is 0. The number of aliphatic carboxylic acids is 1. The molecule has 0 aromatic heterocycles. The summed E-state index contributed by atoms with van der Waals surface area (Å²) in [5.74, 6) is -1.25. The van der Waals surface area contributed by atoms with Gasteiger partial charge in [0.25, 0.3) is 0 Å². The van der Waals surface area contributed by atoms with E-state index in [1.807, 2.05) is 26.0 Å². The van der Waals surface area contributed by atoms with E-state index in [4.69, 9.17) is 5.11 Å². The summed E-state index contributed by atoms with van der Waals surface area (Å²) in [6.07, 6.45) is 0.953. The van der Waals surface area contributed by atoms with Crippen LogP contribution >= 0.6 is 0 Å². The van der Waals surface area contributed by atoms with Gasteiger partial charge in [-0.25, -0.2) is 0 Å². The number of nitrogens with one attached hydrogen (secondary N) is 1. The van der Waals surface area contributed by atoms with E-state index in [0.717, 1.165) is 11.1 Å². The third-order valence-corrected chi connectivity index (χ3v) is 2.56. The van der Waals surface area contributed by atoms with E-state index in [1.54, 1.807) is 0 Å². The number of aryl methyl sites for hydroxylation is 3. The molecule has 0 bridgehead atoms. The van der Waals surface area contributed by atoms with Crippen molar-refractivity contribution in [3.8, 4) is 0 Å². The largest absolute Gasteiger partial charge is 0.480 e. The van der Waals surface area contributed by atoms with Gasteiger partial charge in [0.2, 0.25) is 5.91 Å². The molecule has 92 valence electrons. The molecule has 0 aliphatic rings. The maximum atomic E-state index is 11.3. The summed E-state index contributed by atoms with van der Waals surface area (Å²) in [4.78, 5) is 21.6. The Kier molecular flexibility index (Phi) is 4.69. The first kappa shape index (κ1) is 13.2. The quantitative estimate of drug-likeness (QED) is 0.811. The lowest BCUT2D eigenvalue weighted by atomic mass is 10.0. The van der Waals surface area contributed by atoms with E-state index in [0.29, 0.717) is 12.8 Å². The highest BCUT2D eigenvalue weighted by Gasteiger charge is 2.05. The fraction of sp³-hybridized carbons (Fsp3) is 0.385. The Balaban J connectivity index is 2.44. The molecule has 1 amide bonds. The third-order valence-electron chi connectivity index (χ3n) is 2.56. The predicted molar refractivity (Wildman–Crippen MR) is 64.9 cm³/mol. The van der Waals surface area contributed by atoms with Crippen molar-refractivity contribution in [2.75, 3.05) is 6.54 Å². The Labute approximate surface area is 101 Å². The van der Waals surface area contributed by atoms with Crippen LogP contribution < -0.4 is 5.32 Å². The van der Waals surface area contributed by atoms with E-state index >= 15 is 0 Å². The van der Waals surface area contributed by atoms with E-state index < -0.39 is 5.97 Å². The molecular formula is C13H17NO3. The van der Waals surface area contributed by atoms with Gasteiger partial charge < -0.3 is 10.4 Å². The van der Waals surface area contributed by atoms with Gasteiger partial charge >= 0.3 is 5.97 Å². The molecule has 1 rings (SSSR count). The van der Waals surface area contributed by atoms with Crippen LogP contribution in [0.2, 0.25) is 0 Å². The van der Waals surface area contributed by atoms with Crippen molar-refractivity contribution in [3.05, 3.63) is 34.9 Å². The number of carbonyl (C=O) groups is 2. The van der Waals surface area contributed by atoms with Gasteiger partial charge in [0.05, 0.1) is 0 Å². The molecule has 1 aromatic carbocycles. The smallest absolute Gasteiger partial charge is 0.322 e. The van der Waals surface area contributed by atoms with Crippen molar-refractivity contribution in [2.45, 2.75) is 26.7 Å². The Hall–Kier alpha value is -1.84. The second-order valence-electron chi connectivity index (χ2n) is 4.10. The first-order chi connectivity index (χ1) is 7.99. The molecular weight excluding hydrogens is 218 g/mol. The summed E-state index contributed by atoms with van der Waals surface area (Å²) in [6.45, 7) is 3.72. The minimum atomic E-state index is -1.02. The first-order valence-corrected chi connectivity index (χ1v) is 5.53. The normalized spacial score (nSPS) is 10.0. The molecule has 0 atom stereocenters. The van der Waals surface area contributed by atoms with E-state index in [9.17, 15) is 9.59 Å². The minimum absolute atomic E-state index is 0.229. The van der Waals surface area contributed by atoms with Crippen LogP contribution in [0.3, 0.4) is 0 Å². The monoisotopic (exact) mass is 235 g/mol. The Morgan fingerprint density at radius 2 is 2.00 bits per heavy atom. The zero-order valence-electron chi connectivity index (χ0n) is 10.1. The highest BCUT2D eigenvalue weighted by Crippen LogP contribution is 2.12. The highest BCUT2D eigenvalue weighted by atomic mass is 16.4. The fourth-order valence-electron chi connectivity index (χ4n) is 1.64. The lowest BCUT2D eigenvalue weighted by Crippen LogP contribution is -2.29. The average molecular weight is 235 g/mol. The Morgan fingerprint density at radius 1 is 1.29 bits per heavy atom. The van der Waals surface area contributed by atoms with Gasteiger partial charge in [0.15, 0.2) is 0 Å². The number of rotatable bonds is 5. The number of carboxylic acid groups (broad SMARTS) is 1. The summed E-state index contributed by atoms with van der Waals surface area (Å²) in [5.41, 5.74) is 3.48. The van der Waals surface area contributed by atoms with Crippen molar-refractivity contribution < 1.29 is 14.7 Å². The summed E-state index contributed by atoms with van der Waals surface area (Å²) in [7, 11) is 0. The second kappa shape index (κ2) is 6.03. The van der Waals surface area contributed by atoms with Crippen LogP contribution in [-0.4, -0.2) is 23.5 Å². The van der Waals surface area contributed by atoms with Crippen LogP contribution in [-0.2, 0) is 16.0 Å². The van der Waals surface area contributed by atoms with Gasteiger partial charge in [0, 0.05) is 6.42 Å². The molecule has 0 aliphatic carbocycles. The number of hydrogen-bond donors (Lipinski definition) is 2. The van der Waals surface area contributed by atoms with Crippen molar-refractivity contribution in [3.63, 3.8) is 0 Å². The third kappa shape index (κ3) is 4.68. The van der Waals surface area contributed by atoms with Crippen molar-refractivity contribution >= 4 is 11.9 Å². The van der Waals surface area contributed by atoms with Crippen LogP contribution in [0.15, 0.2) is 18.2 Å². The predicted octanol–water partition coefficient (Wildman–Crippen LogP) is 1.44. The molecule has 0 radical (unpaired) electrons. The lowest BCUT2D eigenvalue weighted by Gasteiger charge is -2.06. The standard InChI is InChI=1S/C13H17NO3/c1-9-3-4-11(10(2)7-9)5-6-12(15)14-8-13(16)17/h3-4,7H,5-6,8H2,1-2H3,(H,14,15)(H,16,17). The van der Waals surface area contributed by atoms with Gasteiger partial charge in [0.1, 0.15) is 6.54 Å². The zero-order chi connectivity index (χ0) is 12.8.